The lowest BCUT2D eigenvalue weighted by atomic mass is 10.0. The van der Waals surface area contributed by atoms with E-state index < -0.39 is 15.8 Å². The monoisotopic (exact) mass is 474 g/mol. The summed E-state index contributed by atoms with van der Waals surface area (Å²) in [4.78, 5) is 12.9. The standard InChI is InChI=1S/C27H23FN2O3S/c1-34(32,33)30(25-8-3-2-7-23(25)28)17-18-9-11-21(12-10-18)27(31)29-24-16-15-20-14-13-19-5-4-6-22(24)26(19)20/h2-12,15-16H,13-14,17H2,1H3,(H,29,31). The Morgan fingerprint density at radius 2 is 1.62 bits per heavy atom. The minimum absolute atomic E-state index is 0.0149. The zero-order chi connectivity index (χ0) is 23.9. The summed E-state index contributed by atoms with van der Waals surface area (Å²) in [7, 11) is -3.71. The maximum atomic E-state index is 14.3. The van der Waals surface area contributed by atoms with Crippen molar-refractivity contribution >= 4 is 38.1 Å². The maximum absolute atomic E-state index is 14.3. The van der Waals surface area contributed by atoms with E-state index in [1.165, 1.54) is 34.7 Å². The van der Waals surface area contributed by atoms with Crippen molar-refractivity contribution in [3.05, 3.63) is 107 Å². The van der Waals surface area contributed by atoms with Crippen LogP contribution in [0.1, 0.15) is 27.0 Å². The van der Waals surface area contributed by atoms with Crippen LogP contribution in [-0.2, 0) is 29.4 Å². The van der Waals surface area contributed by atoms with Gasteiger partial charge < -0.3 is 5.32 Å². The van der Waals surface area contributed by atoms with Crippen molar-refractivity contribution in [3.63, 3.8) is 0 Å². The first-order chi connectivity index (χ1) is 16.3. The van der Waals surface area contributed by atoms with Crippen LogP contribution in [0.15, 0.2) is 78.9 Å². The van der Waals surface area contributed by atoms with Crippen LogP contribution < -0.4 is 9.62 Å². The molecule has 1 aliphatic carbocycles. The number of anilines is 2. The second-order valence-corrected chi connectivity index (χ2v) is 10.4. The van der Waals surface area contributed by atoms with Gasteiger partial charge in [-0.05, 0) is 65.3 Å². The van der Waals surface area contributed by atoms with E-state index >= 15 is 0 Å². The number of halogens is 1. The highest BCUT2D eigenvalue weighted by Gasteiger charge is 2.21. The van der Waals surface area contributed by atoms with Gasteiger partial charge in [-0.15, -0.1) is 0 Å². The normalized spacial score (nSPS) is 12.6. The van der Waals surface area contributed by atoms with Gasteiger partial charge in [0, 0.05) is 16.6 Å². The zero-order valence-corrected chi connectivity index (χ0v) is 19.4. The molecule has 0 aliphatic heterocycles. The molecule has 1 N–H and O–H groups in total. The molecule has 0 saturated carbocycles. The fourth-order valence-electron chi connectivity index (χ4n) is 4.51. The van der Waals surface area contributed by atoms with Gasteiger partial charge in [-0.3, -0.25) is 9.10 Å². The molecule has 0 radical (unpaired) electrons. The number of rotatable bonds is 6. The Balaban J connectivity index is 1.37. The molecule has 0 atom stereocenters. The van der Waals surface area contributed by atoms with Crippen LogP contribution in [0.4, 0.5) is 15.8 Å². The number of benzene rings is 4. The van der Waals surface area contributed by atoms with E-state index in [0.717, 1.165) is 34.5 Å². The molecule has 0 unspecified atom stereocenters. The molecule has 0 spiro atoms. The molecule has 172 valence electrons. The van der Waals surface area contributed by atoms with E-state index in [0.29, 0.717) is 11.1 Å². The average molecular weight is 475 g/mol. The molecule has 1 amide bonds. The van der Waals surface area contributed by atoms with Crippen molar-refractivity contribution in [3.8, 4) is 0 Å². The van der Waals surface area contributed by atoms with Crippen molar-refractivity contribution in [2.24, 2.45) is 0 Å². The third-order valence-electron chi connectivity index (χ3n) is 6.19. The van der Waals surface area contributed by atoms with Crippen LogP contribution in [-0.4, -0.2) is 20.6 Å². The number of sulfonamides is 1. The Kier molecular flexibility index (Phi) is 5.57. The molecule has 0 saturated heterocycles. The summed E-state index contributed by atoms with van der Waals surface area (Å²) in [5.74, 6) is -0.867. The van der Waals surface area contributed by atoms with Gasteiger partial charge in [0.25, 0.3) is 5.91 Å². The van der Waals surface area contributed by atoms with Crippen molar-refractivity contribution in [1.82, 2.24) is 0 Å². The number of carbonyl (C=O) groups excluding carboxylic acids is 1. The van der Waals surface area contributed by atoms with Gasteiger partial charge in [0.1, 0.15) is 5.82 Å². The number of nitrogens with one attached hydrogen (secondary N) is 1. The van der Waals surface area contributed by atoms with E-state index in [1.807, 2.05) is 18.2 Å². The summed E-state index contributed by atoms with van der Waals surface area (Å²) in [5, 5.41) is 5.27. The molecule has 5 nitrogen and oxygen atoms in total. The highest BCUT2D eigenvalue weighted by atomic mass is 32.2. The first-order valence-corrected chi connectivity index (χ1v) is 12.8. The fourth-order valence-corrected chi connectivity index (χ4v) is 5.40. The van der Waals surface area contributed by atoms with E-state index in [4.69, 9.17) is 0 Å². The SMILES string of the molecule is CS(=O)(=O)N(Cc1ccc(C(=O)Nc2ccc3c4c(cccc24)CC3)cc1)c1ccccc1F. The number of carbonyl (C=O) groups is 1. The van der Waals surface area contributed by atoms with Crippen molar-refractivity contribution in [2.45, 2.75) is 19.4 Å². The van der Waals surface area contributed by atoms with E-state index in [2.05, 4.69) is 17.4 Å². The Morgan fingerprint density at radius 3 is 2.32 bits per heavy atom. The van der Waals surface area contributed by atoms with Crippen LogP contribution in [0.25, 0.3) is 10.8 Å². The van der Waals surface area contributed by atoms with E-state index in [9.17, 15) is 17.6 Å². The number of aryl methyl sites for hydroxylation is 2. The van der Waals surface area contributed by atoms with Gasteiger partial charge in [0.2, 0.25) is 10.0 Å². The predicted octanol–water partition coefficient (Wildman–Crippen LogP) is 5.30. The lowest BCUT2D eigenvalue weighted by molar-refractivity contribution is 0.102. The Labute approximate surface area is 197 Å². The Bertz CT molecular complexity index is 1500. The molecule has 5 rings (SSSR count). The number of para-hydroxylation sites is 1. The first kappa shape index (κ1) is 22.1. The molecule has 0 bridgehead atoms. The Morgan fingerprint density at radius 1 is 0.912 bits per heavy atom. The third kappa shape index (κ3) is 4.15. The molecular formula is C27H23FN2O3S. The average Bonchev–Trinajstić information content (AvgIpc) is 3.24. The summed E-state index contributed by atoms with van der Waals surface area (Å²) in [6.07, 6.45) is 3.07. The van der Waals surface area contributed by atoms with Crippen LogP contribution in [0.5, 0.6) is 0 Å². The third-order valence-corrected chi connectivity index (χ3v) is 7.32. The van der Waals surface area contributed by atoms with Crippen LogP contribution in [0.2, 0.25) is 0 Å². The number of amides is 1. The number of nitrogens with zero attached hydrogens (tertiary/aromatic N) is 1. The molecule has 34 heavy (non-hydrogen) atoms. The van der Waals surface area contributed by atoms with Crippen molar-refractivity contribution in [2.75, 3.05) is 15.9 Å². The fraction of sp³-hybridized carbons (Fsp3) is 0.148. The second-order valence-electron chi connectivity index (χ2n) is 8.48. The Hall–Kier alpha value is -3.71. The van der Waals surface area contributed by atoms with Gasteiger partial charge >= 0.3 is 0 Å². The largest absolute Gasteiger partial charge is 0.321 e. The summed E-state index contributed by atoms with van der Waals surface area (Å²) in [6.45, 7) is -0.0451. The lowest BCUT2D eigenvalue weighted by Crippen LogP contribution is -2.30. The summed E-state index contributed by atoms with van der Waals surface area (Å²) < 4.78 is 39.9. The number of hydrogen-bond donors (Lipinski definition) is 1. The van der Waals surface area contributed by atoms with Crippen LogP contribution >= 0.6 is 0 Å². The molecular weight excluding hydrogens is 451 g/mol. The maximum Gasteiger partial charge on any atom is 0.255 e. The molecule has 4 aromatic rings. The molecule has 0 aromatic heterocycles. The predicted molar refractivity (Wildman–Crippen MR) is 133 cm³/mol. The van der Waals surface area contributed by atoms with Gasteiger partial charge in [-0.25, -0.2) is 12.8 Å². The molecule has 0 heterocycles. The lowest BCUT2D eigenvalue weighted by Gasteiger charge is -2.23. The summed E-state index contributed by atoms with van der Waals surface area (Å²) in [5.41, 5.74) is 4.44. The van der Waals surface area contributed by atoms with E-state index in [1.54, 1.807) is 30.3 Å². The molecule has 1 aliphatic rings. The van der Waals surface area contributed by atoms with Gasteiger partial charge in [-0.1, -0.05) is 48.5 Å². The van der Waals surface area contributed by atoms with Crippen LogP contribution in [0, 0.1) is 5.82 Å². The molecule has 4 aromatic carbocycles. The highest BCUT2D eigenvalue weighted by Crippen LogP contribution is 2.35. The van der Waals surface area contributed by atoms with Crippen molar-refractivity contribution < 1.29 is 17.6 Å². The zero-order valence-electron chi connectivity index (χ0n) is 18.6. The topological polar surface area (TPSA) is 66.5 Å². The molecule has 7 heteroatoms. The number of hydrogen-bond acceptors (Lipinski definition) is 3. The van der Waals surface area contributed by atoms with Gasteiger partial charge in [-0.2, -0.15) is 0 Å². The van der Waals surface area contributed by atoms with Gasteiger partial charge in [0.05, 0.1) is 18.5 Å². The summed E-state index contributed by atoms with van der Waals surface area (Å²) in [6, 6.07) is 22.6. The molecule has 0 fully saturated rings. The summed E-state index contributed by atoms with van der Waals surface area (Å²) >= 11 is 0. The van der Waals surface area contributed by atoms with Crippen LogP contribution in [0.3, 0.4) is 0 Å². The quantitative estimate of drug-likeness (QED) is 0.413. The minimum atomic E-state index is -3.71. The minimum Gasteiger partial charge on any atom is -0.321 e. The van der Waals surface area contributed by atoms with Crippen molar-refractivity contribution in [1.29, 1.82) is 0 Å². The highest BCUT2D eigenvalue weighted by molar-refractivity contribution is 7.92. The smallest absolute Gasteiger partial charge is 0.255 e. The van der Waals surface area contributed by atoms with Gasteiger partial charge in [0.15, 0.2) is 0 Å². The second kappa shape index (κ2) is 8.57. The first-order valence-electron chi connectivity index (χ1n) is 11.0. The van der Waals surface area contributed by atoms with E-state index in [-0.39, 0.29) is 18.1 Å².